The largest absolute Gasteiger partial charge is 0.618 e. The van der Waals surface area contributed by atoms with Crippen LogP contribution in [0, 0.1) is 5.21 Å². The Hall–Kier alpha value is -1.54. The molecule has 0 aliphatic carbocycles. The second-order valence-electron chi connectivity index (χ2n) is 4.96. The van der Waals surface area contributed by atoms with Crippen LogP contribution >= 0.6 is 0 Å². The minimum atomic E-state index is -1.91. The highest BCUT2D eigenvalue weighted by Gasteiger charge is 2.68. The molecule has 0 bridgehead atoms. The molecule has 1 saturated heterocycles. The predicted octanol–water partition coefficient (Wildman–Crippen LogP) is 0.479. The summed E-state index contributed by atoms with van der Waals surface area (Å²) >= 11 is 0. The zero-order chi connectivity index (χ0) is 13.7. The monoisotopic (exact) mass is 264 g/mol. The van der Waals surface area contributed by atoms with Crippen molar-refractivity contribution >= 4 is 5.71 Å². The lowest BCUT2D eigenvalue weighted by molar-refractivity contribution is -0.711. The number of hydroxylamine groups is 3. The highest BCUT2D eigenvalue weighted by atomic mass is 16.8. The third kappa shape index (κ3) is 1.53. The van der Waals surface area contributed by atoms with Crippen LogP contribution in [0.15, 0.2) is 24.4 Å². The summed E-state index contributed by atoms with van der Waals surface area (Å²) in [5.41, 5.74) is -0.398. The lowest BCUT2D eigenvalue weighted by atomic mass is 9.96. The number of nitrogens with zero attached hydrogens (tertiary/aromatic N) is 3. The Labute approximate surface area is 110 Å². The summed E-state index contributed by atoms with van der Waals surface area (Å²) in [5.74, 6) is 0. The fourth-order valence-corrected chi connectivity index (χ4v) is 2.47. The molecule has 7 heteroatoms. The third-order valence-corrected chi connectivity index (χ3v) is 3.37. The minimum absolute atomic E-state index is 0.211. The van der Waals surface area contributed by atoms with E-state index in [1.165, 1.54) is 0 Å². The molecule has 19 heavy (non-hydrogen) atoms. The fourth-order valence-electron chi connectivity index (χ4n) is 2.47. The van der Waals surface area contributed by atoms with Crippen molar-refractivity contribution in [3.8, 4) is 0 Å². The normalized spacial score (nSPS) is 25.4. The van der Waals surface area contributed by atoms with Gasteiger partial charge in [0.05, 0.1) is 13.2 Å². The van der Waals surface area contributed by atoms with Gasteiger partial charge in [0.2, 0.25) is 5.71 Å². The summed E-state index contributed by atoms with van der Waals surface area (Å²) in [5, 5.41) is 25.5. The van der Waals surface area contributed by atoms with Crippen molar-refractivity contribution in [3.05, 3.63) is 35.3 Å². The SMILES string of the molecule is CC1(C)C(c2ccccn2)=[N+]([O-])C2(OCCO2)N1[O]. The summed E-state index contributed by atoms with van der Waals surface area (Å²) in [4.78, 5) is 4.14. The number of rotatable bonds is 1. The maximum absolute atomic E-state index is 12.5. The van der Waals surface area contributed by atoms with E-state index in [4.69, 9.17) is 9.47 Å². The third-order valence-electron chi connectivity index (χ3n) is 3.37. The molecule has 3 heterocycles. The van der Waals surface area contributed by atoms with Crippen molar-refractivity contribution in [3.63, 3.8) is 0 Å². The van der Waals surface area contributed by atoms with Gasteiger partial charge in [-0.3, -0.25) is 14.5 Å². The Morgan fingerprint density at radius 1 is 1.37 bits per heavy atom. The average Bonchev–Trinajstić information content (AvgIpc) is 2.93. The van der Waals surface area contributed by atoms with Crippen molar-refractivity contribution in [1.29, 1.82) is 0 Å². The van der Waals surface area contributed by atoms with Gasteiger partial charge >= 0.3 is 6.03 Å². The maximum atomic E-state index is 12.5. The smallest absolute Gasteiger partial charge is 0.495 e. The molecule has 0 aromatic carbocycles. The molecule has 0 amide bonds. The van der Waals surface area contributed by atoms with Gasteiger partial charge in [0.25, 0.3) is 0 Å². The zero-order valence-corrected chi connectivity index (χ0v) is 10.7. The van der Waals surface area contributed by atoms with Crippen molar-refractivity contribution in [2.45, 2.75) is 25.4 Å². The van der Waals surface area contributed by atoms with E-state index in [1.807, 2.05) is 0 Å². The van der Waals surface area contributed by atoms with Crippen LogP contribution in [-0.4, -0.2) is 45.3 Å². The number of ether oxygens (including phenoxy) is 2. The second-order valence-corrected chi connectivity index (χ2v) is 4.96. The fraction of sp³-hybridized carbons (Fsp3) is 0.500. The summed E-state index contributed by atoms with van der Waals surface area (Å²) in [6.45, 7) is 3.72. The van der Waals surface area contributed by atoms with E-state index in [9.17, 15) is 10.4 Å². The van der Waals surface area contributed by atoms with Crippen LogP contribution in [0.25, 0.3) is 0 Å². The van der Waals surface area contributed by atoms with Crippen LogP contribution < -0.4 is 0 Å². The molecule has 1 aromatic rings. The van der Waals surface area contributed by atoms with E-state index in [2.05, 4.69) is 4.98 Å². The van der Waals surface area contributed by atoms with Crippen molar-refractivity contribution in [1.82, 2.24) is 10.0 Å². The molecule has 2 aliphatic rings. The quantitative estimate of drug-likeness (QED) is 0.544. The molecule has 0 N–H and O–H groups in total. The van der Waals surface area contributed by atoms with Crippen LogP contribution in [0.3, 0.4) is 0 Å². The summed E-state index contributed by atoms with van der Waals surface area (Å²) in [7, 11) is 0. The number of hydrogen-bond acceptors (Lipinski definition) is 5. The first kappa shape index (κ1) is 12.5. The summed E-state index contributed by atoms with van der Waals surface area (Å²) < 4.78 is 11.0. The van der Waals surface area contributed by atoms with Gasteiger partial charge < -0.3 is 5.21 Å². The molecule has 7 nitrogen and oxygen atoms in total. The molecule has 1 aromatic heterocycles. The van der Waals surface area contributed by atoms with Gasteiger partial charge in [0.15, 0.2) is 0 Å². The molecule has 3 rings (SSSR count). The van der Waals surface area contributed by atoms with Crippen molar-refractivity contribution in [2.75, 3.05) is 13.2 Å². The molecule has 2 aliphatic heterocycles. The van der Waals surface area contributed by atoms with Gasteiger partial charge in [0, 0.05) is 6.20 Å². The molecule has 0 saturated carbocycles. The predicted molar refractivity (Wildman–Crippen MR) is 63.2 cm³/mol. The van der Waals surface area contributed by atoms with Gasteiger partial charge in [-0.05, 0) is 31.0 Å². The standard InChI is InChI=1S/C12H14N3O4/c1-11(2)10(9-5-3-4-6-13-9)14(16)12(15(11)17)18-7-8-19-12/h3-6H,7-8H2,1-2H3. The van der Waals surface area contributed by atoms with E-state index in [0.717, 1.165) is 0 Å². The Balaban J connectivity index is 2.18. The maximum Gasteiger partial charge on any atom is 0.495 e. The van der Waals surface area contributed by atoms with E-state index < -0.39 is 11.6 Å². The van der Waals surface area contributed by atoms with E-state index >= 15 is 0 Å². The van der Waals surface area contributed by atoms with Gasteiger partial charge in [-0.15, -0.1) is 9.95 Å². The molecular formula is C12H14N3O4. The summed E-state index contributed by atoms with van der Waals surface area (Å²) in [6.07, 6.45) is 1.57. The first-order chi connectivity index (χ1) is 9.00. The average molecular weight is 264 g/mol. The zero-order valence-electron chi connectivity index (χ0n) is 10.7. The van der Waals surface area contributed by atoms with Gasteiger partial charge in [-0.25, -0.2) is 0 Å². The highest BCUT2D eigenvalue weighted by molar-refractivity contribution is 6.02. The molecule has 1 fully saturated rings. The highest BCUT2D eigenvalue weighted by Crippen LogP contribution is 2.38. The van der Waals surface area contributed by atoms with Crippen LogP contribution in [0.1, 0.15) is 19.5 Å². The molecule has 0 unspecified atom stereocenters. The Kier molecular flexibility index (Phi) is 2.61. The van der Waals surface area contributed by atoms with Crippen molar-refractivity contribution < 1.29 is 19.4 Å². The molecular weight excluding hydrogens is 250 g/mol. The van der Waals surface area contributed by atoms with E-state index in [1.54, 1.807) is 38.2 Å². The molecule has 1 radical (unpaired) electrons. The lowest BCUT2D eigenvalue weighted by Gasteiger charge is -2.26. The Morgan fingerprint density at radius 3 is 2.63 bits per heavy atom. The lowest BCUT2D eigenvalue weighted by Crippen LogP contribution is -2.55. The van der Waals surface area contributed by atoms with Crippen LogP contribution in [0.2, 0.25) is 0 Å². The number of aromatic nitrogens is 1. The van der Waals surface area contributed by atoms with Crippen LogP contribution in [0.4, 0.5) is 0 Å². The molecule has 0 atom stereocenters. The summed E-state index contributed by atoms with van der Waals surface area (Å²) in [6, 6.07) is 3.28. The van der Waals surface area contributed by atoms with Crippen LogP contribution in [-0.2, 0) is 14.7 Å². The van der Waals surface area contributed by atoms with Gasteiger partial charge in [0.1, 0.15) is 11.2 Å². The first-order valence-electron chi connectivity index (χ1n) is 6.02. The molecule has 1 spiro atoms. The number of hydrogen-bond donors (Lipinski definition) is 0. The minimum Gasteiger partial charge on any atom is -0.618 e. The topological polar surface area (TPSA) is 80.6 Å². The Bertz CT molecular complexity index is 523. The molecule has 101 valence electrons. The Morgan fingerprint density at radius 2 is 2.05 bits per heavy atom. The first-order valence-corrected chi connectivity index (χ1v) is 6.02. The second kappa shape index (κ2) is 3.97. The van der Waals surface area contributed by atoms with Crippen LogP contribution in [0.5, 0.6) is 0 Å². The van der Waals surface area contributed by atoms with Gasteiger partial charge in [-0.1, -0.05) is 6.07 Å². The van der Waals surface area contributed by atoms with E-state index in [0.29, 0.717) is 15.5 Å². The van der Waals surface area contributed by atoms with E-state index in [-0.39, 0.29) is 18.9 Å². The van der Waals surface area contributed by atoms with Crippen molar-refractivity contribution in [2.24, 2.45) is 0 Å². The van der Waals surface area contributed by atoms with Gasteiger partial charge in [-0.2, -0.15) is 0 Å². The number of pyridine rings is 1.